The second-order valence-electron chi connectivity index (χ2n) is 7.72. The van der Waals surface area contributed by atoms with Crippen molar-refractivity contribution in [2.24, 2.45) is 0 Å². The summed E-state index contributed by atoms with van der Waals surface area (Å²) in [6, 6.07) is 1.66. The van der Waals surface area contributed by atoms with E-state index in [0.717, 1.165) is 0 Å². The van der Waals surface area contributed by atoms with Gasteiger partial charge in [0.25, 0.3) is 8.41 Å². The summed E-state index contributed by atoms with van der Waals surface area (Å²) in [4.78, 5) is 16.3. The first kappa shape index (κ1) is 20.6. The molecule has 24 heavy (non-hydrogen) atoms. The van der Waals surface area contributed by atoms with Crippen LogP contribution in [0.1, 0.15) is 54.2 Å². The van der Waals surface area contributed by atoms with Gasteiger partial charge in [-0.1, -0.05) is 27.7 Å². The molecule has 4 nitrogen and oxygen atoms in total. The molecule has 0 saturated heterocycles. The summed E-state index contributed by atoms with van der Waals surface area (Å²) >= 11 is 0. The van der Waals surface area contributed by atoms with E-state index >= 15 is 4.11 Å². The van der Waals surface area contributed by atoms with E-state index in [1.807, 2.05) is 48.5 Å². The molecule has 0 aliphatic carbocycles. The molecule has 0 N–H and O–H groups in total. The Hall–Kier alpha value is -1.43. The van der Waals surface area contributed by atoms with Crippen LogP contribution in [0.4, 0.5) is 4.11 Å². The number of hydrogen-bond acceptors (Lipinski definition) is 4. The quantitative estimate of drug-likeness (QED) is 0.441. The lowest BCUT2D eigenvalue weighted by Crippen LogP contribution is -2.50. The Kier molecular flexibility index (Phi) is 6.56. The van der Waals surface area contributed by atoms with Crippen LogP contribution in [0.2, 0.25) is 11.1 Å². The van der Waals surface area contributed by atoms with Crippen molar-refractivity contribution < 1.29 is 18.4 Å². The first-order valence-corrected chi connectivity index (χ1v) is 10.4. The standard InChI is InChI=1S/C18H30FNO3Si/c1-12(2)24(19,13(3)4)16-11-20-14(9-15(16)22-8)10-17(21)23-18(5,6)7/h9,11-13H,10H2,1-8H3. The third-order valence-corrected chi connectivity index (χ3v) is 8.54. The van der Waals surface area contributed by atoms with Crippen LogP contribution in [-0.4, -0.2) is 32.1 Å². The molecule has 0 radical (unpaired) electrons. The Bertz CT molecular complexity index is 574. The van der Waals surface area contributed by atoms with Gasteiger partial charge >= 0.3 is 5.97 Å². The molecule has 0 saturated carbocycles. The van der Waals surface area contributed by atoms with Gasteiger partial charge in [-0.15, -0.1) is 0 Å². The minimum Gasteiger partial charge on any atom is -0.497 e. The van der Waals surface area contributed by atoms with E-state index in [1.165, 1.54) is 7.11 Å². The zero-order valence-corrected chi connectivity index (χ0v) is 17.1. The maximum atomic E-state index is 15.8. The van der Waals surface area contributed by atoms with Gasteiger partial charge in [0.05, 0.1) is 19.2 Å². The molecule has 6 heteroatoms. The molecule has 0 unspecified atom stereocenters. The highest BCUT2D eigenvalue weighted by Gasteiger charge is 2.46. The molecule has 1 aromatic rings. The largest absolute Gasteiger partial charge is 0.497 e. The van der Waals surface area contributed by atoms with E-state index in [0.29, 0.717) is 16.6 Å². The number of aromatic nitrogens is 1. The number of carbonyl (C=O) groups is 1. The number of esters is 1. The fourth-order valence-electron chi connectivity index (χ4n) is 2.84. The SMILES string of the molecule is COc1cc(CC(=O)OC(C)(C)C)ncc1[Si](F)(C(C)C)C(C)C. The van der Waals surface area contributed by atoms with Crippen LogP contribution in [0, 0.1) is 0 Å². The molecule has 1 rings (SSSR count). The second kappa shape index (κ2) is 7.63. The third-order valence-electron chi connectivity index (χ3n) is 3.98. The van der Waals surface area contributed by atoms with Crippen LogP contribution in [0.5, 0.6) is 5.75 Å². The van der Waals surface area contributed by atoms with Gasteiger partial charge in [-0.3, -0.25) is 9.78 Å². The number of rotatable bonds is 6. The lowest BCUT2D eigenvalue weighted by Gasteiger charge is -2.31. The molecule has 0 atom stereocenters. The number of methoxy groups -OCH3 is 1. The summed E-state index contributed by atoms with van der Waals surface area (Å²) in [6.45, 7) is 13.1. The van der Waals surface area contributed by atoms with Crippen molar-refractivity contribution in [1.82, 2.24) is 4.98 Å². The van der Waals surface area contributed by atoms with E-state index in [9.17, 15) is 4.79 Å². The van der Waals surface area contributed by atoms with Crippen LogP contribution in [0.25, 0.3) is 0 Å². The van der Waals surface area contributed by atoms with Gasteiger partial charge in [0.2, 0.25) is 0 Å². The Morgan fingerprint density at radius 1 is 1.25 bits per heavy atom. The molecule has 0 aliphatic rings. The fraction of sp³-hybridized carbons (Fsp3) is 0.667. The van der Waals surface area contributed by atoms with Gasteiger partial charge in [-0.2, -0.15) is 0 Å². The van der Waals surface area contributed by atoms with E-state index in [1.54, 1.807) is 12.3 Å². The zero-order chi connectivity index (χ0) is 18.7. The molecule has 0 amide bonds. The summed E-state index contributed by atoms with van der Waals surface area (Å²) < 4.78 is 26.5. The highest BCUT2D eigenvalue weighted by atomic mass is 28.4. The number of ether oxygens (including phenoxy) is 2. The minimum absolute atomic E-state index is 0.0398. The average molecular weight is 356 g/mol. The molecule has 0 fully saturated rings. The van der Waals surface area contributed by atoms with Gasteiger partial charge in [0.15, 0.2) is 0 Å². The highest BCUT2D eigenvalue weighted by molar-refractivity contribution is 6.88. The normalized spacial score (nSPS) is 12.6. The molecule has 0 aromatic carbocycles. The second-order valence-corrected chi connectivity index (χ2v) is 12.1. The number of hydrogen-bond donors (Lipinski definition) is 0. The van der Waals surface area contributed by atoms with E-state index in [-0.39, 0.29) is 23.5 Å². The van der Waals surface area contributed by atoms with Crippen molar-refractivity contribution in [2.45, 2.75) is 71.6 Å². The van der Waals surface area contributed by atoms with E-state index in [2.05, 4.69) is 4.98 Å². The summed E-state index contributed by atoms with van der Waals surface area (Å²) in [5.41, 5.74) is -0.208. The molecule has 1 heterocycles. The van der Waals surface area contributed by atoms with Crippen molar-refractivity contribution in [3.63, 3.8) is 0 Å². The topological polar surface area (TPSA) is 48.4 Å². The highest BCUT2D eigenvalue weighted by Crippen LogP contribution is 2.35. The van der Waals surface area contributed by atoms with Crippen molar-refractivity contribution in [3.8, 4) is 5.75 Å². The summed E-state index contributed by atoms with van der Waals surface area (Å²) in [5, 5.41) is 0.558. The lowest BCUT2D eigenvalue weighted by atomic mass is 10.2. The Labute approximate surface area is 146 Å². The number of pyridine rings is 1. The van der Waals surface area contributed by atoms with Crippen molar-refractivity contribution in [3.05, 3.63) is 18.0 Å². The van der Waals surface area contributed by atoms with Crippen LogP contribution >= 0.6 is 0 Å². The predicted molar refractivity (Wildman–Crippen MR) is 97.0 cm³/mol. The smallest absolute Gasteiger partial charge is 0.312 e. The third kappa shape index (κ3) is 4.78. The summed E-state index contributed by atoms with van der Waals surface area (Å²) in [5.74, 6) is 0.112. The van der Waals surface area contributed by atoms with Gasteiger partial charge in [0, 0.05) is 17.4 Å². The Morgan fingerprint density at radius 3 is 2.21 bits per heavy atom. The Balaban J connectivity index is 3.15. The van der Waals surface area contributed by atoms with Crippen molar-refractivity contribution >= 4 is 19.6 Å². The van der Waals surface area contributed by atoms with Gasteiger partial charge in [-0.05, 0) is 31.9 Å². The summed E-state index contributed by atoms with van der Waals surface area (Å²) in [7, 11) is -1.73. The van der Waals surface area contributed by atoms with Crippen LogP contribution < -0.4 is 9.92 Å². The van der Waals surface area contributed by atoms with Crippen LogP contribution in [0.3, 0.4) is 0 Å². The molecule has 0 spiro atoms. The first-order chi connectivity index (χ1) is 10.9. The molecule has 0 aliphatic heterocycles. The van der Waals surface area contributed by atoms with Crippen LogP contribution in [-0.2, 0) is 16.0 Å². The molecule has 1 aromatic heterocycles. The monoisotopic (exact) mass is 355 g/mol. The number of nitrogens with zero attached hydrogens (tertiary/aromatic N) is 1. The first-order valence-electron chi connectivity index (χ1n) is 8.36. The van der Waals surface area contributed by atoms with Gasteiger partial charge in [-0.25, -0.2) is 0 Å². The van der Waals surface area contributed by atoms with Crippen molar-refractivity contribution in [2.75, 3.05) is 7.11 Å². The van der Waals surface area contributed by atoms with Crippen LogP contribution in [0.15, 0.2) is 12.3 Å². The molecule has 136 valence electrons. The fourth-order valence-corrected chi connectivity index (χ4v) is 6.24. The molecule has 0 bridgehead atoms. The van der Waals surface area contributed by atoms with E-state index < -0.39 is 14.0 Å². The maximum absolute atomic E-state index is 15.8. The predicted octanol–water partition coefficient (Wildman–Crippen LogP) is 3.92. The van der Waals surface area contributed by atoms with Crippen molar-refractivity contribution in [1.29, 1.82) is 0 Å². The van der Waals surface area contributed by atoms with E-state index in [4.69, 9.17) is 9.47 Å². The van der Waals surface area contributed by atoms with Gasteiger partial charge in [0.1, 0.15) is 11.4 Å². The zero-order valence-electron chi connectivity index (χ0n) is 16.1. The molecular weight excluding hydrogens is 325 g/mol. The Morgan fingerprint density at radius 2 is 1.79 bits per heavy atom. The maximum Gasteiger partial charge on any atom is 0.312 e. The number of halogens is 1. The average Bonchev–Trinajstić information content (AvgIpc) is 2.43. The van der Waals surface area contributed by atoms with Gasteiger partial charge < -0.3 is 13.6 Å². The minimum atomic E-state index is -3.25. The number of carbonyl (C=O) groups excluding carboxylic acids is 1. The molecular formula is C18H30FNO3Si. The lowest BCUT2D eigenvalue weighted by molar-refractivity contribution is -0.153. The summed E-state index contributed by atoms with van der Waals surface area (Å²) in [6.07, 6.45) is 1.59.